The average molecular weight is 487 g/mol. The molecule has 2 rings (SSSR count). The third kappa shape index (κ3) is 11.1. The summed E-state index contributed by atoms with van der Waals surface area (Å²) in [6.45, 7) is 2.24. The fourth-order valence-corrected chi connectivity index (χ4v) is 4.13. The van der Waals surface area contributed by atoms with Gasteiger partial charge < -0.3 is 9.84 Å². The number of ether oxygens (including phenoxy) is 1. The summed E-state index contributed by atoms with van der Waals surface area (Å²) >= 11 is 0. The zero-order valence-electron chi connectivity index (χ0n) is 19.5. The molecule has 0 heterocycles. The van der Waals surface area contributed by atoms with E-state index in [0.29, 0.717) is 5.75 Å². The summed E-state index contributed by atoms with van der Waals surface area (Å²) in [5.74, 6) is 0.449. The van der Waals surface area contributed by atoms with Crippen LogP contribution in [0.2, 0.25) is 0 Å². The third-order valence-corrected chi connectivity index (χ3v) is 6.32. The van der Waals surface area contributed by atoms with Crippen LogP contribution in [0.3, 0.4) is 0 Å². The molecule has 32 heavy (non-hydrogen) atoms. The normalized spacial score (nSPS) is 11.2. The van der Waals surface area contributed by atoms with Crippen molar-refractivity contribution in [3.63, 3.8) is 0 Å². The monoisotopic (exact) mass is 486 g/mol. The van der Waals surface area contributed by atoms with Crippen molar-refractivity contribution in [3.8, 4) is 17.2 Å². The smallest absolute Gasteiger partial charge is 0.870 e. The Morgan fingerprint density at radius 3 is 1.88 bits per heavy atom. The minimum atomic E-state index is -4.26. The maximum atomic E-state index is 12.3. The van der Waals surface area contributed by atoms with E-state index in [1.54, 1.807) is 6.07 Å². The minimum absolute atomic E-state index is 0. The van der Waals surface area contributed by atoms with Crippen LogP contribution in [0.4, 0.5) is 0 Å². The molecule has 172 valence electrons. The molecule has 0 unspecified atom stereocenters. The zero-order valence-corrected chi connectivity index (χ0v) is 23.5. The molecule has 5 nitrogen and oxygen atoms in total. The van der Waals surface area contributed by atoms with Crippen molar-refractivity contribution < 1.29 is 74.2 Å². The van der Waals surface area contributed by atoms with Gasteiger partial charge in [0.15, 0.2) is 0 Å². The van der Waals surface area contributed by atoms with Gasteiger partial charge in [-0.25, -0.2) is 0 Å². The van der Waals surface area contributed by atoms with Crippen molar-refractivity contribution in [2.75, 3.05) is 0 Å². The Kier molecular flexibility index (Phi) is 15.0. The number of rotatable bonds is 15. The van der Waals surface area contributed by atoms with E-state index in [2.05, 4.69) is 6.92 Å². The number of hydrogen-bond donors (Lipinski definition) is 1. The molecule has 7 heteroatoms. The summed E-state index contributed by atoms with van der Waals surface area (Å²) in [5.41, 5.74) is 0.863. The summed E-state index contributed by atoms with van der Waals surface area (Å²) in [7, 11) is -4.26. The molecule has 0 fully saturated rings. The van der Waals surface area contributed by atoms with Crippen molar-refractivity contribution in [3.05, 3.63) is 48.0 Å². The Morgan fingerprint density at radius 2 is 1.34 bits per heavy atom. The summed E-state index contributed by atoms with van der Waals surface area (Å²) in [6.07, 6.45) is 14.7. The Labute approximate surface area is 236 Å². The molecule has 0 aliphatic carbocycles. The van der Waals surface area contributed by atoms with Gasteiger partial charge in [-0.3, -0.25) is 4.55 Å². The van der Waals surface area contributed by atoms with Gasteiger partial charge in [0.2, 0.25) is 0 Å². The number of unbranched alkanes of at least 4 members (excludes halogenated alkanes) is 10. The van der Waals surface area contributed by atoms with E-state index in [-0.39, 0.29) is 67.8 Å². The molecule has 0 saturated carbocycles. The molecule has 0 aromatic heterocycles. The van der Waals surface area contributed by atoms with Gasteiger partial charge in [0.25, 0.3) is 10.1 Å². The van der Waals surface area contributed by atoms with Crippen LogP contribution >= 0.6 is 0 Å². The van der Waals surface area contributed by atoms with Crippen LogP contribution in [0.1, 0.15) is 83.1 Å². The van der Waals surface area contributed by atoms with Crippen molar-refractivity contribution in [1.82, 2.24) is 0 Å². The number of aryl methyl sites for hydroxylation is 1. The van der Waals surface area contributed by atoms with Gasteiger partial charge in [-0.2, -0.15) is 8.42 Å². The summed E-state index contributed by atoms with van der Waals surface area (Å²) in [5, 5.41) is 12.3. The maximum Gasteiger partial charge on any atom is 1.00 e. The van der Waals surface area contributed by atoms with Gasteiger partial charge >= 0.3 is 51.4 Å². The third-order valence-electron chi connectivity index (χ3n) is 5.45. The van der Waals surface area contributed by atoms with Crippen LogP contribution in [0, 0.1) is 0 Å². The Balaban J connectivity index is 0.00000512. The summed E-state index contributed by atoms with van der Waals surface area (Å²) < 4.78 is 37.2. The fraction of sp³-hybridized carbons (Fsp3) is 0.520. The molecule has 2 aromatic rings. The van der Waals surface area contributed by atoms with Gasteiger partial charge in [-0.1, -0.05) is 95.1 Å². The maximum absolute atomic E-state index is 12.3. The van der Waals surface area contributed by atoms with Crippen molar-refractivity contribution in [2.24, 2.45) is 0 Å². The van der Waals surface area contributed by atoms with Gasteiger partial charge in [-0.05, 0) is 42.7 Å². The molecule has 0 aliphatic heterocycles. The van der Waals surface area contributed by atoms with Gasteiger partial charge in [0, 0.05) is 0 Å². The van der Waals surface area contributed by atoms with E-state index in [1.165, 1.54) is 88.1 Å². The van der Waals surface area contributed by atoms with Crippen molar-refractivity contribution in [1.29, 1.82) is 0 Å². The summed E-state index contributed by atoms with van der Waals surface area (Å²) in [6, 6.07) is 10.5. The topological polar surface area (TPSA) is 86.7 Å². The fourth-order valence-electron chi connectivity index (χ4n) is 3.65. The zero-order chi connectivity index (χ0) is 22.5. The summed E-state index contributed by atoms with van der Waals surface area (Å²) in [4.78, 5) is -0.212. The van der Waals surface area contributed by atoms with E-state index < -0.39 is 10.1 Å². The first-order valence-corrected chi connectivity index (χ1v) is 12.9. The molecular formula is C25H35KO5S. The van der Waals surface area contributed by atoms with Crippen LogP contribution in [0.5, 0.6) is 17.2 Å². The average Bonchev–Trinajstić information content (AvgIpc) is 2.74. The number of benzene rings is 2. The van der Waals surface area contributed by atoms with Gasteiger partial charge in [0.1, 0.15) is 11.5 Å². The van der Waals surface area contributed by atoms with E-state index in [0.717, 1.165) is 24.8 Å². The molecule has 1 N–H and O–H groups in total. The minimum Gasteiger partial charge on any atom is -0.870 e. The number of hydrogen-bond acceptors (Lipinski definition) is 4. The molecule has 0 aliphatic rings. The first kappa shape index (κ1) is 29.6. The van der Waals surface area contributed by atoms with E-state index in [1.807, 2.05) is 6.07 Å². The molecule has 0 amide bonds. The molecule has 0 saturated heterocycles. The predicted molar refractivity (Wildman–Crippen MR) is 122 cm³/mol. The first-order chi connectivity index (χ1) is 14.9. The first-order valence-electron chi connectivity index (χ1n) is 11.5. The van der Waals surface area contributed by atoms with Crippen LogP contribution in [0.25, 0.3) is 0 Å². The van der Waals surface area contributed by atoms with Crippen LogP contribution in [0.15, 0.2) is 47.4 Å². The van der Waals surface area contributed by atoms with E-state index >= 15 is 0 Å². The number of para-hydroxylation sites is 1. The van der Waals surface area contributed by atoms with Crippen molar-refractivity contribution >= 4 is 10.1 Å². The van der Waals surface area contributed by atoms with Gasteiger partial charge in [0.05, 0.1) is 4.90 Å². The Bertz CT molecular complexity index is 882. The van der Waals surface area contributed by atoms with Crippen LogP contribution in [-0.4, -0.2) is 13.0 Å². The Morgan fingerprint density at radius 1 is 0.812 bits per heavy atom. The van der Waals surface area contributed by atoms with E-state index in [9.17, 15) is 13.5 Å². The largest absolute Gasteiger partial charge is 1.00 e. The molecule has 0 radical (unpaired) electrons. The molecule has 0 bridgehead atoms. The molecule has 0 atom stereocenters. The second kappa shape index (κ2) is 16.3. The second-order valence-corrected chi connectivity index (χ2v) is 9.50. The second-order valence-electron chi connectivity index (χ2n) is 8.08. The van der Waals surface area contributed by atoms with E-state index in [4.69, 9.17) is 9.29 Å². The SMILES string of the molecule is CCCCCCCCCCCCCc1cccc([O-])c1Oc1ccc(S(=O)(=O)O)cc1.[K+]. The standard InChI is InChI=1S/C25H36O5S.K/c1-2-3-4-5-6-7-8-9-10-11-12-14-21-15-13-16-24(26)25(21)30-22-17-19-23(20-18-22)31(27,28)29;/h13,15-20,26H,2-12,14H2,1H3,(H,27,28,29);/q;+1/p-1. The van der Waals surface area contributed by atoms with Crippen LogP contribution in [-0.2, 0) is 16.5 Å². The molecular weight excluding hydrogens is 451 g/mol. The van der Waals surface area contributed by atoms with Gasteiger partial charge in [-0.15, -0.1) is 0 Å². The van der Waals surface area contributed by atoms with Crippen molar-refractivity contribution in [2.45, 2.75) is 88.9 Å². The molecule has 0 spiro atoms. The Hall–Kier alpha value is -0.414. The quantitative estimate of drug-likeness (QED) is 0.236. The molecule has 2 aromatic carbocycles. The van der Waals surface area contributed by atoms with Crippen LogP contribution < -0.4 is 61.2 Å². The predicted octanol–water partition coefficient (Wildman–Crippen LogP) is 3.66.